The Labute approximate surface area is 172 Å². The zero-order chi connectivity index (χ0) is 22.3. The van der Waals surface area contributed by atoms with Gasteiger partial charge in [0.15, 0.2) is 12.4 Å². The van der Waals surface area contributed by atoms with Crippen molar-refractivity contribution in [1.29, 1.82) is 0 Å². The normalized spacial score (nSPS) is 10.1. The predicted molar refractivity (Wildman–Crippen MR) is 107 cm³/mol. The summed E-state index contributed by atoms with van der Waals surface area (Å²) in [5.41, 5.74) is 2.06. The molecule has 2 aromatic carbocycles. The van der Waals surface area contributed by atoms with Crippen molar-refractivity contribution in [3.63, 3.8) is 0 Å². The molecule has 0 aromatic heterocycles. The summed E-state index contributed by atoms with van der Waals surface area (Å²) >= 11 is 0. The minimum Gasteiger partial charge on any atom is -0.490 e. The Bertz CT molecular complexity index is 988. The molecule has 0 saturated carbocycles. The van der Waals surface area contributed by atoms with Gasteiger partial charge in [-0.25, -0.2) is 4.79 Å². The SMILES string of the molecule is COc1ccc(C(=O)OCC(=O)NCC(=O)Nc2cccc(C)c2C)cc1[N+](=O)[O-]. The average molecular weight is 415 g/mol. The number of carbonyl (C=O) groups excluding carboxylic acids is 3. The maximum Gasteiger partial charge on any atom is 0.338 e. The lowest BCUT2D eigenvalue weighted by Gasteiger charge is -2.11. The van der Waals surface area contributed by atoms with E-state index in [-0.39, 0.29) is 17.9 Å². The number of amides is 2. The summed E-state index contributed by atoms with van der Waals surface area (Å²) < 4.78 is 9.69. The van der Waals surface area contributed by atoms with Crippen LogP contribution in [0.5, 0.6) is 5.75 Å². The van der Waals surface area contributed by atoms with Gasteiger partial charge in [0.25, 0.3) is 5.91 Å². The predicted octanol–water partition coefficient (Wildman–Crippen LogP) is 2.13. The summed E-state index contributed by atoms with van der Waals surface area (Å²) in [6, 6.07) is 9.00. The van der Waals surface area contributed by atoms with Gasteiger partial charge in [-0.15, -0.1) is 0 Å². The third kappa shape index (κ3) is 5.77. The Morgan fingerprint density at radius 1 is 1.10 bits per heavy atom. The molecule has 0 radical (unpaired) electrons. The monoisotopic (exact) mass is 415 g/mol. The highest BCUT2D eigenvalue weighted by Crippen LogP contribution is 2.27. The number of nitrogens with zero attached hydrogens (tertiary/aromatic N) is 1. The number of nitro benzene ring substituents is 1. The second-order valence-corrected chi connectivity index (χ2v) is 6.29. The minimum absolute atomic E-state index is 0.0100. The van der Waals surface area contributed by atoms with E-state index in [0.717, 1.165) is 17.2 Å². The summed E-state index contributed by atoms with van der Waals surface area (Å²) in [4.78, 5) is 46.2. The number of carbonyl (C=O) groups is 3. The van der Waals surface area contributed by atoms with Gasteiger partial charge in [0.2, 0.25) is 5.91 Å². The maximum atomic E-state index is 12.0. The lowest BCUT2D eigenvalue weighted by molar-refractivity contribution is -0.385. The molecule has 0 fully saturated rings. The van der Waals surface area contributed by atoms with Gasteiger partial charge in [-0.3, -0.25) is 19.7 Å². The van der Waals surface area contributed by atoms with Gasteiger partial charge in [-0.05, 0) is 43.2 Å². The lowest BCUT2D eigenvalue weighted by atomic mass is 10.1. The van der Waals surface area contributed by atoms with Gasteiger partial charge >= 0.3 is 11.7 Å². The molecular weight excluding hydrogens is 394 g/mol. The molecule has 0 spiro atoms. The number of benzene rings is 2. The number of nitro groups is 1. The molecule has 158 valence electrons. The van der Waals surface area contributed by atoms with Crippen molar-refractivity contribution in [1.82, 2.24) is 5.32 Å². The molecule has 2 rings (SSSR count). The quantitative estimate of drug-likeness (QED) is 0.383. The van der Waals surface area contributed by atoms with Crippen molar-refractivity contribution in [2.45, 2.75) is 13.8 Å². The van der Waals surface area contributed by atoms with E-state index in [1.807, 2.05) is 19.9 Å². The lowest BCUT2D eigenvalue weighted by Crippen LogP contribution is -2.35. The van der Waals surface area contributed by atoms with Gasteiger partial charge < -0.3 is 20.1 Å². The molecular formula is C20H21N3O7. The highest BCUT2D eigenvalue weighted by atomic mass is 16.6. The summed E-state index contributed by atoms with van der Waals surface area (Å²) in [6.07, 6.45) is 0. The van der Waals surface area contributed by atoms with E-state index in [2.05, 4.69) is 10.6 Å². The molecule has 0 bridgehead atoms. The molecule has 0 unspecified atom stereocenters. The second-order valence-electron chi connectivity index (χ2n) is 6.29. The number of hydrogen-bond acceptors (Lipinski definition) is 7. The Balaban J connectivity index is 1.85. The van der Waals surface area contributed by atoms with E-state index in [9.17, 15) is 24.5 Å². The number of rotatable bonds is 8. The fourth-order valence-electron chi connectivity index (χ4n) is 2.48. The summed E-state index contributed by atoms with van der Waals surface area (Å²) in [5.74, 6) is -2.06. The Hall–Kier alpha value is -3.95. The summed E-state index contributed by atoms with van der Waals surface area (Å²) in [5, 5.41) is 16.0. The van der Waals surface area contributed by atoms with Crippen LogP contribution >= 0.6 is 0 Å². The van der Waals surface area contributed by atoms with Crippen molar-refractivity contribution < 1.29 is 28.8 Å². The van der Waals surface area contributed by atoms with Crippen LogP contribution in [0.1, 0.15) is 21.5 Å². The van der Waals surface area contributed by atoms with Crippen LogP contribution in [0.2, 0.25) is 0 Å². The number of hydrogen-bond donors (Lipinski definition) is 2. The summed E-state index contributed by atoms with van der Waals surface area (Å²) in [6.45, 7) is 2.83. The molecule has 2 N–H and O–H groups in total. The number of ether oxygens (including phenoxy) is 2. The van der Waals surface area contributed by atoms with Crippen LogP contribution in [0.25, 0.3) is 0 Å². The minimum atomic E-state index is -0.921. The second kappa shape index (κ2) is 10.0. The van der Waals surface area contributed by atoms with E-state index in [0.29, 0.717) is 5.69 Å². The van der Waals surface area contributed by atoms with Crippen LogP contribution in [-0.2, 0) is 14.3 Å². The first-order valence-electron chi connectivity index (χ1n) is 8.85. The number of nitrogens with one attached hydrogen (secondary N) is 2. The molecule has 10 heteroatoms. The Morgan fingerprint density at radius 3 is 2.50 bits per heavy atom. The van der Waals surface area contributed by atoms with Gasteiger partial charge in [-0.1, -0.05) is 12.1 Å². The highest BCUT2D eigenvalue weighted by Gasteiger charge is 2.19. The third-order valence-electron chi connectivity index (χ3n) is 4.27. The van der Waals surface area contributed by atoms with Gasteiger partial charge in [0, 0.05) is 11.8 Å². The number of methoxy groups -OCH3 is 1. The van der Waals surface area contributed by atoms with Crippen molar-refractivity contribution in [2.24, 2.45) is 0 Å². The Kier molecular flexibility index (Phi) is 7.45. The largest absolute Gasteiger partial charge is 0.490 e. The van der Waals surface area contributed by atoms with Crippen LogP contribution in [0, 0.1) is 24.0 Å². The van der Waals surface area contributed by atoms with Gasteiger partial charge in [-0.2, -0.15) is 0 Å². The zero-order valence-corrected chi connectivity index (χ0v) is 16.7. The van der Waals surface area contributed by atoms with Gasteiger partial charge in [0.05, 0.1) is 24.1 Å². The average Bonchev–Trinajstić information content (AvgIpc) is 2.73. The highest BCUT2D eigenvalue weighted by molar-refractivity contribution is 5.96. The van der Waals surface area contributed by atoms with Crippen molar-refractivity contribution in [2.75, 3.05) is 25.6 Å². The first-order valence-corrected chi connectivity index (χ1v) is 8.85. The molecule has 0 saturated heterocycles. The molecule has 30 heavy (non-hydrogen) atoms. The van der Waals surface area contributed by atoms with E-state index in [1.165, 1.54) is 19.2 Å². The van der Waals surface area contributed by atoms with E-state index in [1.54, 1.807) is 12.1 Å². The maximum absolute atomic E-state index is 12.0. The van der Waals surface area contributed by atoms with Crippen molar-refractivity contribution >= 4 is 29.2 Å². The van der Waals surface area contributed by atoms with E-state index in [4.69, 9.17) is 9.47 Å². The fraction of sp³-hybridized carbons (Fsp3) is 0.250. The van der Waals surface area contributed by atoms with E-state index < -0.39 is 35.0 Å². The molecule has 0 aliphatic carbocycles. The van der Waals surface area contributed by atoms with Crippen molar-refractivity contribution in [3.05, 3.63) is 63.2 Å². The number of esters is 1. The van der Waals surface area contributed by atoms with Crippen LogP contribution in [0.3, 0.4) is 0 Å². The molecule has 2 aromatic rings. The molecule has 10 nitrogen and oxygen atoms in total. The third-order valence-corrected chi connectivity index (χ3v) is 4.27. The Morgan fingerprint density at radius 2 is 1.83 bits per heavy atom. The zero-order valence-electron chi connectivity index (χ0n) is 16.7. The molecule has 0 heterocycles. The smallest absolute Gasteiger partial charge is 0.338 e. The first-order chi connectivity index (χ1) is 14.2. The molecule has 0 aliphatic heterocycles. The standard InChI is InChI=1S/C20H21N3O7/c1-12-5-4-6-15(13(12)2)22-18(24)10-21-19(25)11-30-20(26)14-7-8-17(29-3)16(9-14)23(27)28/h4-9H,10-11H2,1-3H3,(H,21,25)(H,22,24). The van der Waals surface area contributed by atoms with Crippen LogP contribution in [-0.4, -0.2) is 43.0 Å². The molecule has 2 amide bonds. The van der Waals surface area contributed by atoms with Crippen LogP contribution < -0.4 is 15.4 Å². The first kappa shape index (κ1) is 22.3. The fourth-order valence-corrected chi connectivity index (χ4v) is 2.48. The topological polar surface area (TPSA) is 137 Å². The van der Waals surface area contributed by atoms with E-state index >= 15 is 0 Å². The summed E-state index contributed by atoms with van der Waals surface area (Å²) in [7, 11) is 1.26. The van der Waals surface area contributed by atoms with Crippen LogP contribution in [0.4, 0.5) is 11.4 Å². The molecule has 0 aliphatic rings. The number of anilines is 1. The molecule has 0 atom stereocenters. The number of aryl methyl sites for hydroxylation is 1. The van der Waals surface area contributed by atoms with Crippen LogP contribution in [0.15, 0.2) is 36.4 Å². The van der Waals surface area contributed by atoms with Gasteiger partial charge in [0.1, 0.15) is 0 Å². The van der Waals surface area contributed by atoms with Crippen molar-refractivity contribution in [3.8, 4) is 5.75 Å².